The lowest BCUT2D eigenvalue weighted by Crippen LogP contribution is -2.50. The fourth-order valence-electron chi connectivity index (χ4n) is 3.23. The standard InChI is InChI=1S/C26H35BrN2O4/c1-7-18(4)28-26(31)19(5)29(15-20-9-8-10-22(13-20)32-6)25(30)16-33-24-12-11-21(17(2)3)14-23(24)27/h8-14,17-19H,7,15-16H2,1-6H3,(H,28,31)/t18-,19-/m0/s1. The van der Waals surface area contributed by atoms with Gasteiger partial charge in [0.25, 0.3) is 5.91 Å². The second-order valence-electron chi connectivity index (χ2n) is 8.50. The highest BCUT2D eigenvalue weighted by Crippen LogP contribution is 2.29. The molecule has 0 saturated carbocycles. The van der Waals surface area contributed by atoms with Crippen molar-refractivity contribution in [2.45, 2.75) is 65.6 Å². The van der Waals surface area contributed by atoms with Crippen LogP contribution in [0.5, 0.6) is 11.5 Å². The molecule has 2 amide bonds. The molecule has 180 valence electrons. The average molecular weight is 519 g/mol. The van der Waals surface area contributed by atoms with E-state index in [4.69, 9.17) is 9.47 Å². The lowest BCUT2D eigenvalue weighted by atomic mass is 10.0. The summed E-state index contributed by atoms with van der Waals surface area (Å²) in [5.74, 6) is 1.21. The van der Waals surface area contributed by atoms with Crippen LogP contribution in [0.3, 0.4) is 0 Å². The minimum atomic E-state index is -0.659. The van der Waals surface area contributed by atoms with Gasteiger partial charge in [0.15, 0.2) is 6.61 Å². The summed E-state index contributed by atoms with van der Waals surface area (Å²) in [6, 6.07) is 12.7. The molecule has 0 spiro atoms. The summed E-state index contributed by atoms with van der Waals surface area (Å²) in [4.78, 5) is 27.6. The van der Waals surface area contributed by atoms with Gasteiger partial charge in [0.1, 0.15) is 17.5 Å². The molecule has 0 aliphatic rings. The Labute approximate surface area is 205 Å². The van der Waals surface area contributed by atoms with Gasteiger partial charge in [-0.3, -0.25) is 9.59 Å². The van der Waals surface area contributed by atoms with Crippen LogP contribution in [-0.4, -0.2) is 42.5 Å². The van der Waals surface area contributed by atoms with E-state index in [1.165, 1.54) is 5.56 Å². The first-order valence-corrected chi connectivity index (χ1v) is 12.1. The van der Waals surface area contributed by atoms with Crippen molar-refractivity contribution >= 4 is 27.7 Å². The molecular formula is C26H35BrN2O4. The van der Waals surface area contributed by atoms with Crippen LogP contribution in [0.25, 0.3) is 0 Å². The van der Waals surface area contributed by atoms with Crippen molar-refractivity contribution in [1.82, 2.24) is 10.2 Å². The topological polar surface area (TPSA) is 67.9 Å². The second-order valence-corrected chi connectivity index (χ2v) is 9.35. The maximum Gasteiger partial charge on any atom is 0.261 e. The van der Waals surface area contributed by atoms with E-state index >= 15 is 0 Å². The lowest BCUT2D eigenvalue weighted by Gasteiger charge is -2.29. The molecule has 1 N–H and O–H groups in total. The summed E-state index contributed by atoms with van der Waals surface area (Å²) < 4.78 is 11.9. The number of halogens is 1. The van der Waals surface area contributed by atoms with Crippen LogP contribution in [0.2, 0.25) is 0 Å². The van der Waals surface area contributed by atoms with Crippen molar-refractivity contribution in [2.75, 3.05) is 13.7 Å². The van der Waals surface area contributed by atoms with E-state index in [9.17, 15) is 9.59 Å². The summed E-state index contributed by atoms with van der Waals surface area (Å²) in [5, 5.41) is 2.97. The van der Waals surface area contributed by atoms with Crippen molar-refractivity contribution < 1.29 is 19.1 Å². The van der Waals surface area contributed by atoms with Crippen LogP contribution in [0.15, 0.2) is 46.9 Å². The Morgan fingerprint density at radius 1 is 1.09 bits per heavy atom. The Balaban J connectivity index is 2.20. The molecule has 0 aliphatic heterocycles. The van der Waals surface area contributed by atoms with Crippen LogP contribution < -0.4 is 14.8 Å². The first-order chi connectivity index (χ1) is 15.7. The summed E-state index contributed by atoms with van der Waals surface area (Å²) in [7, 11) is 1.60. The predicted molar refractivity (Wildman–Crippen MR) is 135 cm³/mol. The molecule has 0 fully saturated rings. The summed E-state index contributed by atoms with van der Waals surface area (Å²) in [6.45, 7) is 10.0. The largest absolute Gasteiger partial charge is 0.497 e. The van der Waals surface area contributed by atoms with Gasteiger partial charge in [-0.05, 0) is 77.5 Å². The highest BCUT2D eigenvalue weighted by atomic mass is 79.9. The minimum absolute atomic E-state index is 0.0281. The van der Waals surface area contributed by atoms with E-state index in [1.807, 2.05) is 56.3 Å². The van der Waals surface area contributed by atoms with Crippen LogP contribution in [0.1, 0.15) is 58.1 Å². The van der Waals surface area contributed by atoms with Crippen molar-refractivity contribution in [3.63, 3.8) is 0 Å². The van der Waals surface area contributed by atoms with Gasteiger partial charge in [0, 0.05) is 12.6 Å². The first kappa shape index (κ1) is 26.7. The molecule has 6 nitrogen and oxygen atoms in total. The molecule has 0 unspecified atom stereocenters. The molecule has 7 heteroatoms. The van der Waals surface area contributed by atoms with Crippen LogP contribution in [0.4, 0.5) is 0 Å². The molecule has 2 atom stereocenters. The third-order valence-corrected chi connectivity index (χ3v) is 6.25. The molecule has 0 heterocycles. The zero-order valence-corrected chi connectivity index (χ0v) is 21.9. The smallest absolute Gasteiger partial charge is 0.261 e. The van der Waals surface area contributed by atoms with Crippen molar-refractivity contribution in [3.05, 3.63) is 58.1 Å². The highest BCUT2D eigenvalue weighted by Gasteiger charge is 2.27. The predicted octanol–water partition coefficient (Wildman–Crippen LogP) is 5.29. The summed E-state index contributed by atoms with van der Waals surface area (Å²) in [6.07, 6.45) is 0.811. The maximum atomic E-state index is 13.2. The van der Waals surface area contributed by atoms with E-state index in [0.29, 0.717) is 17.4 Å². The van der Waals surface area contributed by atoms with Gasteiger partial charge in [-0.2, -0.15) is 0 Å². The fourth-order valence-corrected chi connectivity index (χ4v) is 3.74. The van der Waals surface area contributed by atoms with Gasteiger partial charge in [-0.1, -0.05) is 39.0 Å². The average Bonchev–Trinajstić information content (AvgIpc) is 2.80. The van der Waals surface area contributed by atoms with Crippen molar-refractivity contribution in [2.24, 2.45) is 0 Å². The molecule has 0 aromatic heterocycles. The van der Waals surface area contributed by atoms with Gasteiger partial charge in [0.2, 0.25) is 5.91 Å². The maximum absolute atomic E-state index is 13.2. The Kier molecular flexibility index (Phi) is 10.2. The van der Waals surface area contributed by atoms with E-state index in [2.05, 4.69) is 35.1 Å². The van der Waals surface area contributed by atoms with E-state index < -0.39 is 6.04 Å². The van der Waals surface area contributed by atoms with Crippen LogP contribution in [-0.2, 0) is 16.1 Å². The zero-order chi connectivity index (χ0) is 24.5. The third-order valence-electron chi connectivity index (χ3n) is 5.63. The van der Waals surface area contributed by atoms with E-state index in [-0.39, 0.29) is 31.0 Å². The number of ether oxygens (including phenoxy) is 2. The number of nitrogens with one attached hydrogen (secondary N) is 1. The Morgan fingerprint density at radius 3 is 2.42 bits per heavy atom. The molecule has 0 bridgehead atoms. The first-order valence-electron chi connectivity index (χ1n) is 11.3. The van der Waals surface area contributed by atoms with Gasteiger partial charge in [0.05, 0.1) is 11.6 Å². The number of amides is 2. The number of benzene rings is 2. The fraction of sp³-hybridized carbons (Fsp3) is 0.462. The zero-order valence-electron chi connectivity index (χ0n) is 20.4. The van der Waals surface area contributed by atoms with E-state index in [1.54, 1.807) is 18.9 Å². The monoisotopic (exact) mass is 518 g/mol. The minimum Gasteiger partial charge on any atom is -0.497 e. The van der Waals surface area contributed by atoms with E-state index in [0.717, 1.165) is 16.5 Å². The number of hydrogen-bond acceptors (Lipinski definition) is 4. The molecule has 0 saturated heterocycles. The lowest BCUT2D eigenvalue weighted by molar-refractivity contribution is -0.142. The summed E-state index contributed by atoms with van der Waals surface area (Å²) >= 11 is 3.53. The number of methoxy groups -OCH3 is 1. The van der Waals surface area contributed by atoms with Crippen molar-refractivity contribution in [1.29, 1.82) is 0 Å². The number of carbonyl (C=O) groups excluding carboxylic acids is 2. The number of carbonyl (C=O) groups is 2. The SMILES string of the molecule is CC[C@H](C)NC(=O)[C@H](C)N(Cc1cccc(OC)c1)C(=O)COc1ccc(C(C)C)cc1Br. The molecule has 2 rings (SSSR count). The van der Waals surface area contributed by atoms with Crippen LogP contribution in [0, 0.1) is 0 Å². The highest BCUT2D eigenvalue weighted by molar-refractivity contribution is 9.10. The third kappa shape index (κ3) is 7.77. The quantitative estimate of drug-likeness (QED) is 0.438. The molecule has 2 aromatic rings. The molecular weight excluding hydrogens is 484 g/mol. The van der Waals surface area contributed by atoms with Gasteiger partial charge < -0.3 is 19.7 Å². The van der Waals surface area contributed by atoms with Crippen LogP contribution >= 0.6 is 15.9 Å². The number of hydrogen-bond donors (Lipinski definition) is 1. The second kappa shape index (κ2) is 12.6. The molecule has 0 radical (unpaired) electrons. The Hall–Kier alpha value is -2.54. The van der Waals surface area contributed by atoms with Gasteiger partial charge in [-0.15, -0.1) is 0 Å². The van der Waals surface area contributed by atoms with Gasteiger partial charge >= 0.3 is 0 Å². The van der Waals surface area contributed by atoms with Gasteiger partial charge in [-0.25, -0.2) is 0 Å². The molecule has 0 aliphatic carbocycles. The molecule has 33 heavy (non-hydrogen) atoms. The summed E-state index contributed by atoms with van der Waals surface area (Å²) in [5.41, 5.74) is 2.05. The Bertz CT molecular complexity index is 948. The molecule has 2 aromatic carbocycles. The van der Waals surface area contributed by atoms with Crippen molar-refractivity contribution in [3.8, 4) is 11.5 Å². The Morgan fingerprint density at radius 2 is 1.82 bits per heavy atom. The number of rotatable bonds is 11. The normalized spacial score (nSPS) is 12.7. The number of nitrogens with zero attached hydrogens (tertiary/aromatic N) is 1.